The summed E-state index contributed by atoms with van der Waals surface area (Å²) in [5.74, 6) is 1.26. The number of aryl methyl sites for hydroxylation is 1. The molecule has 136 valence electrons. The van der Waals surface area contributed by atoms with Crippen LogP contribution in [0.25, 0.3) is 0 Å². The minimum atomic E-state index is -3.02. The molecule has 2 atom stereocenters. The van der Waals surface area contributed by atoms with Gasteiger partial charge in [0.05, 0.1) is 17.3 Å². The van der Waals surface area contributed by atoms with Gasteiger partial charge >= 0.3 is 0 Å². The first kappa shape index (κ1) is 19.2. The molecular formula is C15H26N4O3S2. The highest BCUT2D eigenvalue weighted by Crippen LogP contribution is 2.23. The van der Waals surface area contributed by atoms with E-state index >= 15 is 0 Å². The fraction of sp³-hybridized carbons (Fsp3) is 0.800. The van der Waals surface area contributed by atoms with Crippen LogP contribution in [0.4, 0.5) is 0 Å². The maximum atomic E-state index is 12.7. The summed E-state index contributed by atoms with van der Waals surface area (Å²) >= 11 is 1.30. The molecule has 0 unspecified atom stereocenters. The fourth-order valence-corrected chi connectivity index (χ4v) is 5.29. The smallest absolute Gasteiger partial charge is 0.233 e. The van der Waals surface area contributed by atoms with E-state index in [4.69, 9.17) is 0 Å². The summed E-state index contributed by atoms with van der Waals surface area (Å²) in [7, 11) is -3.02. The molecule has 0 radical (unpaired) electrons. The second-order valence-electron chi connectivity index (χ2n) is 6.22. The zero-order valence-corrected chi connectivity index (χ0v) is 16.1. The van der Waals surface area contributed by atoms with E-state index in [-0.39, 0.29) is 35.2 Å². The van der Waals surface area contributed by atoms with Crippen molar-refractivity contribution < 1.29 is 13.2 Å². The molecule has 1 aliphatic rings. The van der Waals surface area contributed by atoms with Crippen molar-refractivity contribution in [1.29, 1.82) is 0 Å². The van der Waals surface area contributed by atoms with Gasteiger partial charge < -0.3 is 4.90 Å². The Balaban J connectivity index is 1.99. The Morgan fingerprint density at radius 2 is 2.21 bits per heavy atom. The van der Waals surface area contributed by atoms with E-state index in [0.717, 1.165) is 25.1 Å². The second kappa shape index (κ2) is 8.33. The van der Waals surface area contributed by atoms with Crippen molar-refractivity contribution in [3.8, 4) is 0 Å². The van der Waals surface area contributed by atoms with Gasteiger partial charge in [0.15, 0.2) is 9.84 Å². The van der Waals surface area contributed by atoms with Crippen molar-refractivity contribution in [2.75, 3.05) is 17.3 Å². The summed E-state index contributed by atoms with van der Waals surface area (Å²) in [6, 6.07) is -0.181. The summed E-state index contributed by atoms with van der Waals surface area (Å²) in [6.07, 6.45) is 3.15. The summed E-state index contributed by atoms with van der Waals surface area (Å²) < 4.78 is 23.5. The van der Waals surface area contributed by atoms with Crippen molar-refractivity contribution in [3.63, 3.8) is 0 Å². The molecule has 0 aromatic carbocycles. The van der Waals surface area contributed by atoms with Crippen LogP contribution in [0.3, 0.4) is 0 Å². The van der Waals surface area contributed by atoms with Crippen molar-refractivity contribution in [1.82, 2.24) is 20.1 Å². The van der Waals surface area contributed by atoms with Crippen molar-refractivity contribution in [3.05, 3.63) is 5.82 Å². The molecule has 0 bridgehead atoms. The molecule has 1 saturated heterocycles. The first-order valence-electron chi connectivity index (χ1n) is 8.42. The van der Waals surface area contributed by atoms with Gasteiger partial charge in [-0.15, -0.1) is 5.10 Å². The number of thioether (sulfide) groups is 1. The van der Waals surface area contributed by atoms with Crippen LogP contribution in [0.1, 0.15) is 45.9 Å². The minimum Gasteiger partial charge on any atom is -0.335 e. The van der Waals surface area contributed by atoms with Gasteiger partial charge in [0.2, 0.25) is 11.1 Å². The Hall–Kier alpha value is -1.09. The number of amides is 1. The zero-order valence-electron chi connectivity index (χ0n) is 14.5. The topological polar surface area (TPSA) is 96.0 Å². The van der Waals surface area contributed by atoms with Gasteiger partial charge in [0, 0.05) is 18.5 Å². The van der Waals surface area contributed by atoms with Crippen LogP contribution in [0.2, 0.25) is 0 Å². The molecule has 2 heterocycles. The predicted octanol–water partition coefficient (Wildman–Crippen LogP) is 1.66. The number of nitrogens with one attached hydrogen (secondary N) is 1. The zero-order chi connectivity index (χ0) is 17.7. The molecule has 7 nitrogen and oxygen atoms in total. The number of sulfone groups is 1. The molecule has 2 rings (SSSR count). The molecule has 1 aliphatic heterocycles. The van der Waals surface area contributed by atoms with E-state index in [1.165, 1.54) is 11.8 Å². The third kappa shape index (κ3) is 4.95. The SMILES string of the molecule is CCCc1nc(SCC(=O)N([C@H]2CCS(=O)(=O)C2)[C@H](C)CC)n[nH]1. The van der Waals surface area contributed by atoms with Gasteiger partial charge in [-0.1, -0.05) is 25.6 Å². The summed E-state index contributed by atoms with van der Waals surface area (Å²) in [5, 5.41) is 7.55. The first-order chi connectivity index (χ1) is 11.4. The quantitative estimate of drug-likeness (QED) is 0.695. The molecular weight excluding hydrogens is 348 g/mol. The maximum absolute atomic E-state index is 12.7. The number of rotatable bonds is 8. The van der Waals surface area contributed by atoms with Gasteiger partial charge in [-0.2, -0.15) is 0 Å². The van der Waals surface area contributed by atoms with Crippen molar-refractivity contribution in [2.24, 2.45) is 0 Å². The van der Waals surface area contributed by atoms with Crippen LogP contribution in [-0.4, -0.2) is 63.7 Å². The third-order valence-corrected chi connectivity index (χ3v) is 6.86. The van der Waals surface area contributed by atoms with E-state index < -0.39 is 9.84 Å². The van der Waals surface area contributed by atoms with Gasteiger partial charge in [0.1, 0.15) is 5.82 Å². The molecule has 1 amide bonds. The Morgan fingerprint density at radius 1 is 1.46 bits per heavy atom. The van der Waals surface area contributed by atoms with Crippen molar-refractivity contribution >= 4 is 27.5 Å². The van der Waals surface area contributed by atoms with Crippen LogP contribution in [-0.2, 0) is 21.1 Å². The fourth-order valence-electron chi connectivity index (χ4n) is 2.89. The van der Waals surface area contributed by atoms with E-state index in [1.807, 2.05) is 13.8 Å². The average molecular weight is 375 g/mol. The lowest BCUT2D eigenvalue weighted by Crippen LogP contribution is -2.47. The van der Waals surface area contributed by atoms with Gasteiger partial charge in [-0.3, -0.25) is 9.89 Å². The average Bonchev–Trinajstić information content (AvgIpc) is 3.12. The third-order valence-electron chi connectivity index (χ3n) is 4.28. The Labute approximate surface area is 147 Å². The molecule has 24 heavy (non-hydrogen) atoms. The number of carbonyl (C=O) groups is 1. The lowest BCUT2D eigenvalue weighted by Gasteiger charge is -2.33. The standard InChI is InChI=1S/C15H26N4O3S2/c1-4-6-13-16-15(18-17-13)23-9-14(20)19(11(3)5-2)12-7-8-24(21,22)10-12/h11-12H,4-10H2,1-3H3,(H,16,17,18)/t11-,12+/m1/s1. The molecule has 1 N–H and O–H groups in total. The van der Waals surface area contributed by atoms with Gasteiger partial charge in [-0.05, 0) is 26.2 Å². The molecule has 0 saturated carbocycles. The van der Waals surface area contributed by atoms with Crippen LogP contribution in [0.5, 0.6) is 0 Å². The minimum absolute atomic E-state index is 0.0270. The Morgan fingerprint density at radius 3 is 2.79 bits per heavy atom. The number of aromatic nitrogens is 3. The number of hydrogen-bond donors (Lipinski definition) is 1. The van der Waals surface area contributed by atoms with Crippen molar-refractivity contribution in [2.45, 2.75) is 63.7 Å². The summed E-state index contributed by atoms with van der Waals surface area (Å²) in [6.45, 7) is 6.05. The predicted molar refractivity (Wildman–Crippen MR) is 94.8 cm³/mol. The van der Waals surface area contributed by atoms with Crippen LogP contribution < -0.4 is 0 Å². The number of nitrogens with zero attached hydrogens (tertiary/aromatic N) is 3. The summed E-state index contributed by atoms with van der Waals surface area (Å²) in [5.41, 5.74) is 0. The highest BCUT2D eigenvalue weighted by Gasteiger charge is 2.36. The summed E-state index contributed by atoms with van der Waals surface area (Å²) in [4.78, 5) is 18.8. The molecule has 1 fully saturated rings. The monoisotopic (exact) mass is 374 g/mol. The largest absolute Gasteiger partial charge is 0.335 e. The molecule has 0 spiro atoms. The lowest BCUT2D eigenvalue weighted by atomic mass is 10.1. The first-order valence-corrected chi connectivity index (χ1v) is 11.2. The van der Waals surface area contributed by atoms with Gasteiger partial charge in [0.25, 0.3) is 0 Å². The normalized spacial score (nSPS) is 20.9. The van der Waals surface area contributed by atoms with Crippen LogP contribution in [0, 0.1) is 0 Å². The number of hydrogen-bond acceptors (Lipinski definition) is 6. The molecule has 9 heteroatoms. The van der Waals surface area contributed by atoms with E-state index in [1.54, 1.807) is 4.90 Å². The molecule has 1 aromatic rings. The van der Waals surface area contributed by atoms with Crippen LogP contribution in [0.15, 0.2) is 5.16 Å². The maximum Gasteiger partial charge on any atom is 0.233 e. The second-order valence-corrected chi connectivity index (χ2v) is 9.39. The van der Waals surface area contributed by atoms with Gasteiger partial charge in [-0.25, -0.2) is 13.4 Å². The van der Waals surface area contributed by atoms with Crippen LogP contribution >= 0.6 is 11.8 Å². The Bertz CT molecular complexity index is 659. The number of H-pyrrole nitrogens is 1. The highest BCUT2D eigenvalue weighted by atomic mass is 32.2. The van der Waals surface area contributed by atoms with E-state index in [9.17, 15) is 13.2 Å². The number of carbonyl (C=O) groups excluding carboxylic acids is 1. The molecule has 0 aliphatic carbocycles. The lowest BCUT2D eigenvalue weighted by molar-refractivity contribution is -0.132. The van der Waals surface area contributed by atoms with E-state index in [0.29, 0.717) is 11.6 Å². The highest BCUT2D eigenvalue weighted by molar-refractivity contribution is 7.99. The molecule has 1 aromatic heterocycles. The number of aromatic amines is 1. The van der Waals surface area contributed by atoms with E-state index in [2.05, 4.69) is 22.1 Å². The Kier molecular flexibility index (Phi) is 6.68.